The lowest BCUT2D eigenvalue weighted by Crippen LogP contribution is -2.38. The SMILES string of the molecule is CNC(=O)c1ccccc1Sc1ccc2c(-c3ccc(NC(=O)NCCOCCOCCN4CCOCC4)cc3)n[nH]c2c1. The number of carbonyl (C=O) groups excluding carboxylic acids is 2. The molecule has 0 atom stereocenters. The number of hydrogen-bond donors (Lipinski definition) is 4. The third kappa shape index (κ3) is 8.80. The van der Waals surface area contributed by atoms with Crippen molar-refractivity contribution in [3.05, 3.63) is 72.3 Å². The van der Waals surface area contributed by atoms with Gasteiger partial charge in [-0.15, -0.1) is 0 Å². The smallest absolute Gasteiger partial charge is 0.319 e. The Labute approximate surface area is 261 Å². The lowest BCUT2D eigenvalue weighted by Gasteiger charge is -2.26. The van der Waals surface area contributed by atoms with Gasteiger partial charge in [-0.3, -0.25) is 14.8 Å². The first-order valence-electron chi connectivity index (χ1n) is 14.7. The summed E-state index contributed by atoms with van der Waals surface area (Å²) in [5.74, 6) is -0.116. The number of amides is 3. The fourth-order valence-electron chi connectivity index (χ4n) is 4.75. The minimum Gasteiger partial charge on any atom is -0.379 e. The van der Waals surface area contributed by atoms with Crippen LogP contribution in [0.4, 0.5) is 10.5 Å². The number of anilines is 1. The summed E-state index contributed by atoms with van der Waals surface area (Å²) in [5, 5.41) is 17.0. The Morgan fingerprint density at radius 1 is 0.977 bits per heavy atom. The Morgan fingerprint density at radius 3 is 2.55 bits per heavy atom. The van der Waals surface area contributed by atoms with E-state index in [1.165, 1.54) is 11.8 Å². The second kappa shape index (κ2) is 16.2. The highest BCUT2D eigenvalue weighted by molar-refractivity contribution is 7.99. The van der Waals surface area contributed by atoms with E-state index in [4.69, 9.17) is 14.2 Å². The number of nitrogens with one attached hydrogen (secondary N) is 4. The van der Waals surface area contributed by atoms with Crippen LogP contribution in [0.25, 0.3) is 22.2 Å². The van der Waals surface area contributed by atoms with Crippen molar-refractivity contribution in [1.29, 1.82) is 0 Å². The molecule has 4 N–H and O–H groups in total. The summed E-state index contributed by atoms with van der Waals surface area (Å²) in [4.78, 5) is 28.8. The first-order valence-corrected chi connectivity index (χ1v) is 15.5. The number of H-pyrrole nitrogens is 1. The molecule has 3 amide bonds. The molecule has 0 spiro atoms. The normalized spacial score (nSPS) is 13.6. The van der Waals surface area contributed by atoms with Crippen LogP contribution in [0.5, 0.6) is 0 Å². The topological polar surface area (TPSA) is 130 Å². The quantitative estimate of drug-likeness (QED) is 0.155. The predicted molar refractivity (Wildman–Crippen MR) is 171 cm³/mol. The van der Waals surface area contributed by atoms with E-state index >= 15 is 0 Å². The molecule has 1 aliphatic rings. The van der Waals surface area contributed by atoms with E-state index in [1.807, 2.05) is 66.7 Å². The molecule has 1 aliphatic heterocycles. The van der Waals surface area contributed by atoms with Crippen LogP contribution < -0.4 is 16.0 Å². The van der Waals surface area contributed by atoms with Gasteiger partial charge in [0.15, 0.2) is 0 Å². The van der Waals surface area contributed by atoms with Crippen molar-refractivity contribution in [3.8, 4) is 11.3 Å². The van der Waals surface area contributed by atoms with E-state index < -0.39 is 0 Å². The first kappa shape index (κ1) is 31.5. The Hall–Kier alpha value is -3.94. The maximum Gasteiger partial charge on any atom is 0.319 e. The Kier molecular flexibility index (Phi) is 11.6. The van der Waals surface area contributed by atoms with E-state index in [9.17, 15) is 9.59 Å². The van der Waals surface area contributed by atoms with Crippen LogP contribution in [0.3, 0.4) is 0 Å². The van der Waals surface area contributed by atoms with Gasteiger partial charge in [-0.05, 0) is 42.5 Å². The number of ether oxygens (including phenoxy) is 3. The van der Waals surface area contributed by atoms with E-state index in [-0.39, 0.29) is 11.9 Å². The molecule has 11 nitrogen and oxygen atoms in total. The number of fused-ring (bicyclic) bond motifs is 1. The minimum atomic E-state index is -0.295. The second-order valence-corrected chi connectivity index (χ2v) is 11.2. The Morgan fingerprint density at radius 2 is 1.75 bits per heavy atom. The highest BCUT2D eigenvalue weighted by Gasteiger charge is 2.13. The predicted octanol–water partition coefficient (Wildman–Crippen LogP) is 4.23. The fraction of sp³-hybridized carbons (Fsp3) is 0.344. The van der Waals surface area contributed by atoms with Gasteiger partial charge >= 0.3 is 6.03 Å². The highest BCUT2D eigenvalue weighted by atomic mass is 32.2. The van der Waals surface area contributed by atoms with Crippen molar-refractivity contribution < 1.29 is 23.8 Å². The molecule has 4 aromatic rings. The lowest BCUT2D eigenvalue weighted by atomic mass is 10.1. The number of urea groups is 1. The number of aromatic nitrogens is 2. The molecule has 1 aromatic heterocycles. The Bertz CT molecular complexity index is 1520. The van der Waals surface area contributed by atoms with Gasteiger partial charge in [0.25, 0.3) is 5.91 Å². The summed E-state index contributed by atoms with van der Waals surface area (Å²) in [6, 6.07) is 20.9. The number of rotatable bonds is 14. The van der Waals surface area contributed by atoms with E-state index in [2.05, 4.69) is 31.0 Å². The third-order valence-corrected chi connectivity index (χ3v) is 8.16. The van der Waals surface area contributed by atoms with Crippen molar-refractivity contribution >= 4 is 40.3 Å². The molecular formula is C32H38N6O5S. The van der Waals surface area contributed by atoms with Crippen molar-refractivity contribution in [2.24, 2.45) is 0 Å². The molecule has 0 bridgehead atoms. The summed E-state index contributed by atoms with van der Waals surface area (Å²) in [7, 11) is 1.63. The van der Waals surface area contributed by atoms with Crippen LogP contribution in [-0.2, 0) is 14.2 Å². The van der Waals surface area contributed by atoms with Crippen LogP contribution in [-0.4, -0.2) is 99.9 Å². The van der Waals surface area contributed by atoms with Gasteiger partial charge in [0, 0.05) is 59.7 Å². The molecule has 12 heteroatoms. The van der Waals surface area contributed by atoms with E-state index in [1.54, 1.807) is 7.05 Å². The van der Waals surface area contributed by atoms with Crippen LogP contribution in [0.1, 0.15) is 10.4 Å². The van der Waals surface area contributed by atoms with Crippen LogP contribution in [0.2, 0.25) is 0 Å². The lowest BCUT2D eigenvalue weighted by molar-refractivity contribution is 0.00848. The van der Waals surface area contributed by atoms with Gasteiger partial charge < -0.3 is 30.2 Å². The molecule has 3 aromatic carbocycles. The summed E-state index contributed by atoms with van der Waals surface area (Å²) in [5.41, 5.74) is 3.95. The number of benzene rings is 3. The number of morpholine rings is 1. The van der Waals surface area contributed by atoms with Gasteiger partial charge in [0.1, 0.15) is 0 Å². The van der Waals surface area contributed by atoms with Crippen molar-refractivity contribution in [3.63, 3.8) is 0 Å². The van der Waals surface area contributed by atoms with Crippen LogP contribution >= 0.6 is 11.8 Å². The summed E-state index contributed by atoms with van der Waals surface area (Å²) in [6.45, 7) is 6.90. The Balaban J connectivity index is 1.04. The van der Waals surface area contributed by atoms with Crippen molar-refractivity contribution in [1.82, 2.24) is 25.7 Å². The number of nitrogens with zero attached hydrogens (tertiary/aromatic N) is 2. The molecule has 232 valence electrons. The number of carbonyl (C=O) groups is 2. The average Bonchev–Trinajstić information content (AvgIpc) is 3.48. The molecule has 5 rings (SSSR count). The molecule has 0 radical (unpaired) electrons. The van der Waals surface area contributed by atoms with E-state index in [0.717, 1.165) is 64.8 Å². The standard InChI is InChI=1S/C32H38N6O5S/c1-33-31(39)27-4-2-3-5-29(27)44-25-10-11-26-28(22-25)36-37-30(26)23-6-8-24(9-7-23)35-32(40)34-12-16-41-20-21-43-19-15-38-13-17-42-18-14-38/h2-11,22H,12-21H2,1H3,(H,33,39)(H,36,37)(H2,34,35,40). The number of aromatic amines is 1. The van der Waals surface area contributed by atoms with Gasteiger partial charge in [0.2, 0.25) is 0 Å². The highest BCUT2D eigenvalue weighted by Crippen LogP contribution is 2.34. The monoisotopic (exact) mass is 618 g/mol. The molecule has 0 aliphatic carbocycles. The van der Waals surface area contributed by atoms with Crippen molar-refractivity contribution in [2.75, 3.05) is 78.2 Å². The van der Waals surface area contributed by atoms with Gasteiger partial charge in [0.05, 0.1) is 56.4 Å². The molecule has 1 saturated heterocycles. The maximum absolute atomic E-state index is 12.3. The molecule has 0 unspecified atom stereocenters. The minimum absolute atomic E-state index is 0.116. The largest absolute Gasteiger partial charge is 0.379 e. The molecular weight excluding hydrogens is 580 g/mol. The van der Waals surface area contributed by atoms with Gasteiger partial charge in [-0.2, -0.15) is 5.10 Å². The maximum atomic E-state index is 12.3. The van der Waals surface area contributed by atoms with Crippen LogP contribution in [0.15, 0.2) is 76.5 Å². The average molecular weight is 619 g/mol. The zero-order chi connectivity index (χ0) is 30.6. The second-order valence-electron chi connectivity index (χ2n) is 10.1. The van der Waals surface area contributed by atoms with Crippen LogP contribution in [0, 0.1) is 0 Å². The first-order chi connectivity index (χ1) is 21.6. The van der Waals surface area contributed by atoms with Crippen molar-refractivity contribution in [2.45, 2.75) is 9.79 Å². The van der Waals surface area contributed by atoms with Gasteiger partial charge in [-0.1, -0.05) is 36.0 Å². The number of hydrogen-bond acceptors (Lipinski definition) is 8. The molecule has 1 fully saturated rings. The van der Waals surface area contributed by atoms with Gasteiger partial charge in [-0.25, -0.2) is 4.79 Å². The zero-order valence-corrected chi connectivity index (χ0v) is 25.6. The fourth-order valence-corrected chi connectivity index (χ4v) is 5.74. The zero-order valence-electron chi connectivity index (χ0n) is 24.8. The molecule has 0 saturated carbocycles. The summed E-state index contributed by atoms with van der Waals surface area (Å²) in [6.07, 6.45) is 0. The third-order valence-electron chi connectivity index (χ3n) is 7.10. The van der Waals surface area contributed by atoms with E-state index in [0.29, 0.717) is 44.2 Å². The molecule has 44 heavy (non-hydrogen) atoms. The molecule has 2 heterocycles. The summed E-state index contributed by atoms with van der Waals surface area (Å²) >= 11 is 1.53. The summed E-state index contributed by atoms with van der Waals surface area (Å²) < 4.78 is 16.5.